The molecule has 0 fully saturated rings. The molecule has 6 nitrogen and oxygen atoms in total. The molecule has 0 amide bonds. The van der Waals surface area contributed by atoms with Gasteiger partial charge in [-0.25, -0.2) is 4.79 Å². The third-order valence-corrected chi connectivity index (χ3v) is 5.13. The molecule has 3 rings (SSSR count). The molecule has 0 saturated carbocycles. The van der Waals surface area contributed by atoms with Gasteiger partial charge in [-0.15, -0.1) is 21.5 Å². The zero-order chi connectivity index (χ0) is 16.2. The SMILES string of the molecule is CCn1c(SCc2ccoc2C(=O)OC)nnc1-c1cccs1. The molecule has 0 atom stereocenters. The van der Waals surface area contributed by atoms with Crippen molar-refractivity contribution in [2.75, 3.05) is 7.11 Å². The number of hydrogen-bond acceptors (Lipinski definition) is 7. The second-order valence-corrected chi connectivity index (χ2v) is 6.47. The number of hydrogen-bond donors (Lipinski definition) is 0. The van der Waals surface area contributed by atoms with Crippen LogP contribution < -0.4 is 0 Å². The standard InChI is InChI=1S/C15H15N3O3S2/c1-3-18-13(11-5-4-8-22-11)16-17-15(18)23-9-10-6-7-21-12(10)14(19)20-2/h4-8H,3,9H2,1-2H3. The van der Waals surface area contributed by atoms with Gasteiger partial charge in [0.25, 0.3) is 0 Å². The molecule has 0 spiro atoms. The van der Waals surface area contributed by atoms with Gasteiger partial charge in [-0.3, -0.25) is 0 Å². The summed E-state index contributed by atoms with van der Waals surface area (Å²) in [6, 6.07) is 5.79. The summed E-state index contributed by atoms with van der Waals surface area (Å²) in [6.07, 6.45) is 1.49. The molecule has 0 radical (unpaired) electrons. The van der Waals surface area contributed by atoms with Crippen molar-refractivity contribution < 1.29 is 13.9 Å². The minimum Gasteiger partial charge on any atom is -0.463 e. The van der Waals surface area contributed by atoms with Crippen LogP contribution in [0.5, 0.6) is 0 Å². The molecule has 0 aromatic carbocycles. The number of carbonyl (C=O) groups is 1. The number of carbonyl (C=O) groups excluding carboxylic acids is 1. The maximum Gasteiger partial charge on any atom is 0.374 e. The zero-order valence-corrected chi connectivity index (χ0v) is 14.3. The van der Waals surface area contributed by atoms with Gasteiger partial charge >= 0.3 is 5.97 Å². The number of rotatable bonds is 6. The lowest BCUT2D eigenvalue weighted by Gasteiger charge is -2.06. The minimum atomic E-state index is -0.471. The second-order valence-electron chi connectivity index (χ2n) is 4.58. The summed E-state index contributed by atoms with van der Waals surface area (Å²) in [4.78, 5) is 12.7. The molecule has 3 heterocycles. The van der Waals surface area contributed by atoms with Crippen molar-refractivity contribution in [3.05, 3.63) is 41.2 Å². The normalized spacial score (nSPS) is 10.9. The lowest BCUT2D eigenvalue weighted by Crippen LogP contribution is -2.03. The Kier molecular flexibility index (Phi) is 4.82. The average molecular weight is 349 g/mol. The van der Waals surface area contributed by atoms with E-state index in [0.717, 1.165) is 28.0 Å². The van der Waals surface area contributed by atoms with E-state index in [4.69, 9.17) is 9.15 Å². The summed E-state index contributed by atoms with van der Waals surface area (Å²) < 4.78 is 12.0. The molecule has 0 aliphatic heterocycles. The molecular formula is C15H15N3O3S2. The fraction of sp³-hybridized carbons (Fsp3) is 0.267. The molecule has 0 saturated heterocycles. The fourth-order valence-electron chi connectivity index (χ4n) is 2.13. The Labute approximate surface area is 141 Å². The molecule has 8 heteroatoms. The van der Waals surface area contributed by atoms with Crippen molar-refractivity contribution in [3.63, 3.8) is 0 Å². The summed E-state index contributed by atoms with van der Waals surface area (Å²) in [7, 11) is 1.34. The first kappa shape index (κ1) is 15.8. The van der Waals surface area contributed by atoms with Gasteiger partial charge in [-0.1, -0.05) is 17.8 Å². The molecular weight excluding hydrogens is 334 g/mol. The van der Waals surface area contributed by atoms with Gasteiger partial charge in [-0.2, -0.15) is 0 Å². The van der Waals surface area contributed by atoms with Crippen LogP contribution in [-0.2, 0) is 17.0 Å². The smallest absolute Gasteiger partial charge is 0.374 e. The fourth-order valence-corrected chi connectivity index (χ4v) is 3.83. The Morgan fingerprint density at radius 1 is 1.43 bits per heavy atom. The van der Waals surface area contributed by atoms with Crippen LogP contribution in [-0.4, -0.2) is 27.8 Å². The Hall–Kier alpha value is -2.06. The summed E-state index contributed by atoms with van der Waals surface area (Å²) in [5.74, 6) is 1.19. The van der Waals surface area contributed by atoms with Gasteiger partial charge in [0.1, 0.15) is 0 Å². The van der Waals surface area contributed by atoms with E-state index in [1.54, 1.807) is 17.4 Å². The molecule has 0 bridgehead atoms. The van der Waals surface area contributed by atoms with E-state index in [9.17, 15) is 4.79 Å². The summed E-state index contributed by atoms with van der Waals surface area (Å²) in [6.45, 7) is 2.83. The van der Waals surface area contributed by atoms with E-state index in [1.165, 1.54) is 25.1 Å². The van der Waals surface area contributed by atoms with Gasteiger partial charge in [0.15, 0.2) is 11.0 Å². The summed E-state index contributed by atoms with van der Waals surface area (Å²) >= 11 is 3.15. The number of nitrogens with zero attached hydrogens (tertiary/aromatic N) is 3. The highest BCUT2D eigenvalue weighted by atomic mass is 32.2. The van der Waals surface area contributed by atoms with E-state index in [2.05, 4.69) is 21.7 Å². The molecule has 0 N–H and O–H groups in total. The number of methoxy groups -OCH3 is 1. The maximum absolute atomic E-state index is 11.6. The van der Waals surface area contributed by atoms with Crippen LogP contribution in [0.25, 0.3) is 10.7 Å². The minimum absolute atomic E-state index is 0.237. The van der Waals surface area contributed by atoms with Crippen molar-refractivity contribution in [1.29, 1.82) is 0 Å². The predicted octanol–water partition coefficient (Wildman–Crippen LogP) is 3.70. The van der Waals surface area contributed by atoms with Gasteiger partial charge in [0.05, 0.1) is 18.3 Å². The highest BCUT2D eigenvalue weighted by molar-refractivity contribution is 7.98. The lowest BCUT2D eigenvalue weighted by atomic mass is 10.3. The molecule has 23 heavy (non-hydrogen) atoms. The Bertz CT molecular complexity index is 793. The quantitative estimate of drug-likeness (QED) is 0.499. The number of aromatic nitrogens is 3. The van der Waals surface area contributed by atoms with Gasteiger partial charge in [-0.05, 0) is 24.4 Å². The number of thiophene rings is 1. The lowest BCUT2D eigenvalue weighted by molar-refractivity contribution is 0.0564. The topological polar surface area (TPSA) is 70.2 Å². The highest BCUT2D eigenvalue weighted by Crippen LogP contribution is 2.29. The second kappa shape index (κ2) is 7.01. The van der Waals surface area contributed by atoms with Crippen LogP contribution in [0.4, 0.5) is 0 Å². The molecule has 0 aliphatic rings. The largest absolute Gasteiger partial charge is 0.463 e. The van der Waals surface area contributed by atoms with Crippen LogP contribution in [0.3, 0.4) is 0 Å². The first-order valence-corrected chi connectivity index (χ1v) is 8.85. The van der Waals surface area contributed by atoms with Crippen molar-refractivity contribution in [2.45, 2.75) is 24.4 Å². The summed E-state index contributed by atoms with van der Waals surface area (Å²) in [5.41, 5.74) is 0.783. The van der Waals surface area contributed by atoms with Crippen molar-refractivity contribution in [2.24, 2.45) is 0 Å². The molecule has 3 aromatic rings. The molecule has 0 aliphatic carbocycles. The van der Waals surface area contributed by atoms with Crippen LogP contribution in [0.2, 0.25) is 0 Å². The van der Waals surface area contributed by atoms with Crippen molar-refractivity contribution in [3.8, 4) is 10.7 Å². The third kappa shape index (κ3) is 3.18. The van der Waals surface area contributed by atoms with Crippen LogP contribution in [0.15, 0.2) is 39.4 Å². The number of esters is 1. The number of furan rings is 1. The zero-order valence-electron chi connectivity index (χ0n) is 12.7. The van der Waals surface area contributed by atoms with E-state index < -0.39 is 5.97 Å². The Morgan fingerprint density at radius 3 is 3.00 bits per heavy atom. The van der Waals surface area contributed by atoms with E-state index in [0.29, 0.717) is 5.75 Å². The third-order valence-electron chi connectivity index (χ3n) is 3.25. The van der Waals surface area contributed by atoms with Crippen molar-refractivity contribution in [1.82, 2.24) is 14.8 Å². The van der Waals surface area contributed by atoms with Crippen molar-refractivity contribution >= 4 is 29.1 Å². The van der Waals surface area contributed by atoms with E-state index >= 15 is 0 Å². The molecule has 0 unspecified atom stereocenters. The van der Waals surface area contributed by atoms with Crippen LogP contribution in [0.1, 0.15) is 23.0 Å². The first-order valence-electron chi connectivity index (χ1n) is 6.99. The monoisotopic (exact) mass is 349 g/mol. The summed E-state index contributed by atoms with van der Waals surface area (Å²) in [5, 5.41) is 11.4. The average Bonchev–Trinajstić information content (AvgIpc) is 3.30. The molecule has 120 valence electrons. The number of ether oxygens (including phenoxy) is 1. The maximum atomic E-state index is 11.6. The van der Waals surface area contributed by atoms with Gasteiger partial charge in [0.2, 0.25) is 5.76 Å². The van der Waals surface area contributed by atoms with Gasteiger partial charge in [0, 0.05) is 17.9 Å². The Balaban J connectivity index is 1.79. The van der Waals surface area contributed by atoms with Gasteiger partial charge < -0.3 is 13.7 Å². The van der Waals surface area contributed by atoms with Crippen LogP contribution >= 0.6 is 23.1 Å². The highest BCUT2D eigenvalue weighted by Gasteiger charge is 2.18. The van der Waals surface area contributed by atoms with E-state index in [-0.39, 0.29) is 5.76 Å². The number of thioether (sulfide) groups is 1. The van der Waals surface area contributed by atoms with E-state index in [1.807, 2.05) is 17.5 Å². The Morgan fingerprint density at radius 2 is 2.30 bits per heavy atom. The van der Waals surface area contributed by atoms with Crippen LogP contribution in [0, 0.1) is 0 Å². The molecule has 3 aromatic heterocycles. The first-order chi connectivity index (χ1) is 11.2. The predicted molar refractivity (Wildman–Crippen MR) is 88.6 cm³/mol.